The van der Waals surface area contributed by atoms with Crippen LogP contribution in [-0.2, 0) is 21.9 Å². The Morgan fingerprint density at radius 2 is 1.58 bits per heavy atom. The highest BCUT2D eigenvalue weighted by Crippen LogP contribution is 2.45. The maximum absolute atomic E-state index is 13.6. The number of piperidine rings is 1. The number of hydrogen-bond donors (Lipinski definition) is 1. The van der Waals surface area contributed by atoms with Crippen molar-refractivity contribution in [1.29, 1.82) is 0 Å². The summed E-state index contributed by atoms with van der Waals surface area (Å²) in [5.41, 5.74) is 2.94. The number of amides is 1. The van der Waals surface area contributed by atoms with Gasteiger partial charge in [0.05, 0.1) is 23.3 Å². The summed E-state index contributed by atoms with van der Waals surface area (Å²) in [7, 11) is 0. The predicted molar refractivity (Wildman–Crippen MR) is 116 cm³/mol. The number of nitrogens with zero attached hydrogens (tertiary/aromatic N) is 1. The average molecular weight is 518 g/mol. The third kappa shape index (κ3) is 5.36. The summed E-state index contributed by atoms with van der Waals surface area (Å²) < 4.78 is 99.7. The second-order valence-electron chi connectivity index (χ2n) is 9.88. The number of hydrogen-bond acceptors (Lipinski definition) is 3. The minimum atomic E-state index is -4.99. The molecule has 2 aromatic rings. The van der Waals surface area contributed by atoms with Crippen LogP contribution < -0.4 is 5.73 Å². The van der Waals surface area contributed by atoms with E-state index >= 15 is 0 Å². The molecule has 0 spiro atoms. The molecule has 2 aliphatic heterocycles. The molecule has 0 bridgehead atoms. The van der Waals surface area contributed by atoms with Crippen LogP contribution in [0.5, 0.6) is 0 Å². The Hall–Kier alpha value is -2.66. The van der Waals surface area contributed by atoms with Crippen LogP contribution in [0.2, 0.25) is 0 Å². The molecule has 2 heterocycles. The van der Waals surface area contributed by atoms with Gasteiger partial charge in [0, 0.05) is 30.5 Å². The number of ether oxygens (including phenoxy) is 1. The summed E-state index contributed by atoms with van der Waals surface area (Å²) in [6.07, 6.45) is -11.4. The van der Waals surface area contributed by atoms with Gasteiger partial charge in [-0.1, -0.05) is 12.1 Å². The first-order valence-electron chi connectivity index (χ1n) is 11.3. The largest absolute Gasteiger partial charge is 0.416 e. The Morgan fingerprint density at radius 1 is 1.03 bits per heavy atom. The maximum atomic E-state index is 13.6. The standard InChI is InChI=1S/C25H25F7N2O2/c1-13(15-7-16(24(27,28)29)9-17(8-15)25(30,31)32)36-20-12-34-19(10-23(2,33)11-21(34)35)22(20)14-3-5-18(26)6-4-14/h3-9,13,19-20,22H,10-12,33H2,1-2H3/t13-,19?,20+,22+,23?/m1/s1. The number of carbonyl (C=O) groups excluding carboxylic acids is 1. The summed E-state index contributed by atoms with van der Waals surface area (Å²) in [5, 5.41) is 0. The molecule has 2 aromatic carbocycles. The van der Waals surface area contributed by atoms with Crippen LogP contribution in [0.25, 0.3) is 0 Å². The van der Waals surface area contributed by atoms with E-state index in [0.717, 1.165) is 0 Å². The Balaban J connectivity index is 1.70. The SMILES string of the molecule is C[C@@H](O[C@H]1CN2C(=O)CC(C)(N)CC2[C@@H]1c1ccc(F)cc1)c1cc(C(F)(F)F)cc(C(F)(F)F)c1. The minimum Gasteiger partial charge on any atom is -0.368 e. The minimum absolute atomic E-state index is 0.0636. The number of benzene rings is 2. The van der Waals surface area contributed by atoms with Gasteiger partial charge in [0.1, 0.15) is 5.82 Å². The van der Waals surface area contributed by atoms with Gasteiger partial charge in [-0.3, -0.25) is 4.79 Å². The van der Waals surface area contributed by atoms with Crippen LogP contribution >= 0.6 is 0 Å². The lowest BCUT2D eigenvalue weighted by Gasteiger charge is -2.41. The van der Waals surface area contributed by atoms with Crippen LogP contribution in [0, 0.1) is 5.82 Å². The van der Waals surface area contributed by atoms with Crippen LogP contribution in [0.1, 0.15) is 61.0 Å². The fraction of sp³-hybridized carbons (Fsp3) is 0.480. The van der Waals surface area contributed by atoms with Gasteiger partial charge in [0.2, 0.25) is 5.91 Å². The molecule has 4 rings (SSSR count). The quantitative estimate of drug-likeness (QED) is 0.520. The van der Waals surface area contributed by atoms with Gasteiger partial charge in [-0.15, -0.1) is 0 Å². The first-order chi connectivity index (χ1) is 16.5. The predicted octanol–water partition coefficient (Wildman–Crippen LogP) is 5.82. The van der Waals surface area contributed by atoms with Crippen molar-refractivity contribution in [3.8, 4) is 0 Å². The molecule has 0 aromatic heterocycles. The lowest BCUT2D eigenvalue weighted by molar-refractivity contribution is -0.143. The fourth-order valence-electron chi connectivity index (χ4n) is 5.21. The van der Waals surface area contributed by atoms with Crippen LogP contribution in [0.15, 0.2) is 42.5 Å². The smallest absolute Gasteiger partial charge is 0.368 e. The van der Waals surface area contributed by atoms with Crippen LogP contribution in [0.3, 0.4) is 0 Å². The zero-order chi connectivity index (χ0) is 26.6. The lowest BCUT2D eigenvalue weighted by Crippen LogP contribution is -2.54. The van der Waals surface area contributed by atoms with Gasteiger partial charge in [-0.05, 0) is 61.7 Å². The van der Waals surface area contributed by atoms with E-state index in [0.29, 0.717) is 24.1 Å². The van der Waals surface area contributed by atoms with E-state index in [4.69, 9.17) is 10.5 Å². The number of rotatable bonds is 4. The van der Waals surface area contributed by atoms with E-state index < -0.39 is 59.0 Å². The van der Waals surface area contributed by atoms with Crippen molar-refractivity contribution in [3.63, 3.8) is 0 Å². The zero-order valence-corrected chi connectivity index (χ0v) is 19.5. The third-order valence-electron chi connectivity index (χ3n) is 6.86. The first kappa shape index (κ1) is 26.4. The van der Waals surface area contributed by atoms with E-state index in [-0.39, 0.29) is 30.5 Å². The number of carbonyl (C=O) groups is 1. The lowest BCUT2D eigenvalue weighted by atomic mass is 9.79. The summed E-state index contributed by atoms with van der Waals surface area (Å²) in [4.78, 5) is 14.4. The Bertz CT molecular complexity index is 1100. The van der Waals surface area contributed by atoms with Gasteiger partial charge in [0.25, 0.3) is 0 Å². The molecule has 0 saturated carbocycles. The Labute approximate surface area is 203 Å². The average Bonchev–Trinajstić information content (AvgIpc) is 3.09. The number of nitrogens with two attached hydrogens (primary N) is 1. The topological polar surface area (TPSA) is 55.6 Å². The summed E-state index contributed by atoms with van der Waals surface area (Å²) in [5.74, 6) is -1.21. The summed E-state index contributed by atoms with van der Waals surface area (Å²) in [6, 6.07) is 6.46. The molecule has 2 fully saturated rings. The summed E-state index contributed by atoms with van der Waals surface area (Å²) >= 11 is 0. The Morgan fingerprint density at radius 3 is 2.11 bits per heavy atom. The second kappa shape index (κ2) is 9.02. The van der Waals surface area contributed by atoms with Crippen LogP contribution in [0.4, 0.5) is 30.7 Å². The number of fused-ring (bicyclic) bond motifs is 1. The fourth-order valence-corrected chi connectivity index (χ4v) is 5.21. The molecule has 2 aliphatic rings. The van der Waals surface area contributed by atoms with E-state index in [9.17, 15) is 35.5 Å². The number of alkyl halides is 6. The molecule has 2 saturated heterocycles. The van der Waals surface area contributed by atoms with Crippen molar-refractivity contribution >= 4 is 5.91 Å². The van der Waals surface area contributed by atoms with E-state index in [1.807, 2.05) is 0 Å². The molecule has 36 heavy (non-hydrogen) atoms. The highest BCUT2D eigenvalue weighted by molar-refractivity contribution is 5.79. The van der Waals surface area contributed by atoms with Crippen molar-refractivity contribution in [2.45, 2.75) is 68.7 Å². The molecule has 196 valence electrons. The van der Waals surface area contributed by atoms with Gasteiger partial charge in [0.15, 0.2) is 0 Å². The number of halogens is 7. The molecule has 11 heteroatoms. The van der Waals surface area contributed by atoms with E-state index in [1.54, 1.807) is 11.8 Å². The summed E-state index contributed by atoms with van der Waals surface area (Å²) in [6.45, 7) is 3.18. The molecule has 5 atom stereocenters. The monoisotopic (exact) mass is 518 g/mol. The van der Waals surface area contributed by atoms with Gasteiger partial charge in [-0.25, -0.2) is 4.39 Å². The molecular weight excluding hydrogens is 493 g/mol. The molecule has 0 aliphatic carbocycles. The van der Waals surface area contributed by atoms with Gasteiger partial charge in [-0.2, -0.15) is 26.3 Å². The molecule has 0 radical (unpaired) electrons. The molecule has 1 amide bonds. The van der Waals surface area contributed by atoms with Crippen molar-refractivity contribution in [1.82, 2.24) is 4.90 Å². The normalized spacial score (nSPS) is 27.8. The van der Waals surface area contributed by atoms with E-state index in [1.165, 1.54) is 31.2 Å². The zero-order valence-electron chi connectivity index (χ0n) is 19.5. The first-order valence-corrected chi connectivity index (χ1v) is 11.3. The van der Waals surface area contributed by atoms with Crippen molar-refractivity contribution < 1.29 is 40.3 Å². The second-order valence-corrected chi connectivity index (χ2v) is 9.88. The molecule has 2 N–H and O–H groups in total. The maximum Gasteiger partial charge on any atom is 0.416 e. The highest BCUT2D eigenvalue weighted by Gasteiger charge is 2.51. The van der Waals surface area contributed by atoms with Gasteiger partial charge < -0.3 is 15.4 Å². The molecule has 4 nitrogen and oxygen atoms in total. The third-order valence-corrected chi connectivity index (χ3v) is 6.86. The van der Waals surface area contributed by atoms with Crippen molar-refractivity contribution in [2.24, 2.45) is 5.73 Å². The van der Waals surface area contributed by atoms with Crippen molar-refractivity contribution in [3.05, 3.63) is 70.5 Å². The van der Waals surface area contributed by atoms with Crippen molar-refractivity contribution in [2.75, 3.05) is 6.54 Å². The molecule has 2 unspecified atom stereocenters. The molecular formula is C25H25F7N2O2. The van der Waals surface area contributed by atoms with Crippen LogP contribution in [-0.4, -0.2) is 35.0 Å². The van der Waals surface area contributed by atoms with E-state index in [2.05, 4.69) is 0 Å². The van der Waals surface area contributed by atoms with Gasteiger partial charge >= 0.3 is 12.4 Å². The highest BCUT2D eigenvalue weighted by atomic mass is 19.4. The Kier molecular flexibility index (Phi) is 6.62.